The van der Waals surface area contributed by atoms with E-state index in [2.05, 4.69) is 0 Å². The van der Waals surface area contributed by atoms with Crippen molar-refractivity contribution in [3.8, 4) is 11.5 Å². The number of hydrogen-bond donors (Lipinski definition) is 1. The number of methoxy groups -OCH3 is 2. The highest BCUT2D eigenvalue weighted by Crippen LogP contribution is 2.49. The number of aliphatic hydroxyl groups is 1. The molecule has 7 nitrogen and oxygen atoms in total. The topological polar surface area (TPSA) is 79.3 Å². The molecular weight excluding hydrogens is 539 g/mol. The van der Waals surface area contributed by atoms with Crippen molar-refractivity contribution in [3.63, 3.8) is 0 Å². The lowest BCUT2D eigenvalue weighted by molar-refractivity contribution is -0.121. The summed E-state index contributed by atoms with van der Waals surface area (Å²) >= 11 is 13.2. The lowest BCUT2D eigenvalue weighted by atomic mass is 9.76. The van der Waals surface area contributed by atoms with Gasteiger partial charge in [0.15, 0.2) is 0 Å². The highest BCUT2D eigenvalue weighted by molar-refractivity contribution is 6.33. The minimum absolute atomic E-state index is 0.153. The Bertz CT molecular complexity index is 1440. The highest BCUT2D eigenvalue weighted by atomic mass is 35.5. The van der Waals surface area contributed by atoms with Gasteiger partial charge in [0, 0.05) is 46.0 Å². The zero-order valence-electron chi connectivity index (χ0n) is 22.0. The molecule has 0 bridgehead atoms. The third kappa shape index (κ3) is 4.84. The molecule has 1 N–H and O–H groups in total. The van der Waals surface area contributed by atoms with Crippen molar-refractivity contribution in [2.45, 2.75) is 37.8 Å². The summed E-state index contributed by atoms with van der Waals surface area (Å²) < 4.78 is 10.9. The number of halogens is 2. The van der Waals surface area contributed by atoms with Crippen LogP contribution in [-0.2, 0) is 16.8 Å². The number of carbonyl (C=O) groups excluding carboxylic acids is 2. The third-order valence-electron chi connectivity index (χ3n) is 7.79. The summed E-state index contributed by atoms with van der Waals surface area (Å²) in [5.74, 6) is 0.908. The van der Waals surface area contributed by atoms with Crippen LogP contribution in [0.25, 0.3) is 0 Å². The smallest absolute Gasteiger partial charge is 0.253 e. The Hall–Kier alpha value is -3.26. The summed E-state index contributed by atoms with van der Waals surface area (Å²) in [6.07, 6.45) is 0.692. The lowest BCUT2D eigenvalue weighted by Crippen LogP contribution is -2.41. The summed E-state index contributed by atoms with van der Waals surface area (Å²) in [5.41, 5.74) is 2.01. The van der Waals surface area contributed by atoms with Gasteiger partial charge >= 0.3 is 0 Å². The summed E-state index contributed by atoms with van der Waals surface area (Å²) in [7, 11) is 3.16. The number of rotatable bonds is 6. The van der Waals surface area contributed by atoms with Gasteiger partial charge in [-0.3, -0.25) is 9.59 Å². The second-order valence-corrected chi connectivity index (χ2v) is 10.9. The molecule has 0 aliphatic carbocycles. The fraction of sp³-hybridized carbons (Fsp3) is 0.333. The van der Waals surface area contributed by atoms with Crippen LogP contribution in [0.3, 0.4) is 0 Å². The molecule has 1 unspecified atom stereocenters. The number of hydrogen-bond acceptors (Lipinski definition) is 5. The molecule has 2 amide bonds. The van der Waals surface area contributed by atoms with Gasteiger partial charge in [0.25, 0.3) is 5.91 Å². The van der Waals surface area contributed by atoms with Crippen LogP contribution in [0.15, 0.2) is 54.6 Å². The van der Waals surface area contributed by atoms with Gasteiger partial charge in [0.05, 0.1) is 26.9 Å². The fourth-order valence-corrected chi connectivity index (χ4v) is 5.98. The molecule has 0 aromatic heterocycles. The van der Waals surface area contributed by atoms with Gasteiger partial charge in [-0.1, -0.05) is 23.2 Å². The van der Waals surface area contributed by atoms with Gasteiger partial charge in [-0.2, -0.15) is 0 Å². The summed E-state index contributed by atoms with van der Waals surface area (Å²) in [5, 5.41) is 10.7. The first-order chi connectivity index (χ1) is 18.7. The van der Waals surface area contributed by atoms with Gasteiger partial charge in [0.1, 0.15) is 16.9 Å². The molecule has 2 heterocycles. The first-order valence-electron chi connectivity index (χ1n) is 12.8. The van der Waals surface area contributed by atoms with E-state index in [-0.39, 0.29) is 24.5 Å². The van der Waals surface area contributed by atoms with Crippen molar-refractivity contribution < 1.29 is 24.2 Å². The SMILES string of the molecule is COc1ccc(CN2C(=O)C(C)(c3cc(C(=O)N4CCC(O)CC4)ccc3Cl)c3cc(Cl)ccc32)c(OC)c1. The van der Waals surface area contributed by atoms with Crippen molar-refractivity contribution in [1.29, 1.82) is 0 Å². The number of aliphatic hydroxyl groups excluding tert-OH is 1. The molecule has 2 aliphatic rings. The molecule has 1 saturated heterocycles. The van der Waals surface area contributed by atoms with E-state index in [9.17, 15) is 14.7 Å². The Kier molecular flexibility index (Phi) is 7.51. The Morgan fingerprint density at radius 1 is 1.00 bits per heavy atom. The van der Waals surface area contributed by atoms with Crippen LogP contribution in [0.1, 0.15) is 46.8 Å². The molecule has 2 aliphatic heterocycles. The number of nitrogens with zero attached hydrogens (tertiary/aromatic N) is 2. The maximum Gasteiger partial charge on any atom is 0.253 e. The Labute approximate surface area is 237 Å². The monoisotopic (exact) mass is 568 g/mol. The van der Waals surface area contributed by atoms with E-state index in [4.69, 9.17) is 32.7 Å². The van der Waals surface area contributed by atoms with Crippen LogP contribution in [0, 0.1) is 0 Å². The second-order valence-electron chi connectivity index (χ2n) is 10.1. The van der Waals surface area contributed by atoms with E-state index in [0.29, 0.717) is 69.9 Å². The average Bonchev–Trinajstić information content (AvgIpc) is 3.15. The van der Waals surface area contributed by atoms with Crippen LogP contribution in [-0.4, -0.2) is 55.2 Å². The summed E-state index contributed by atoms with van der Waals surface area (Å²) in [4.78, 5) is 31.1. The first-order valence-corrected chi connectivity index (χ1v) is 13.5. The number of piperidine rings is 1. The Balaban J connectivity index is 1.56. The van der Waals surface area contributed by atoms with E-state index in [0.717, 1.165) is 5.56 Å². The van der Waals surface area contributed by atoms with Crippen molar-refractivity contribution >= 4 is 40.7 Å². The first kappa shape index (κ1) is 27.3. The van der Waals surface area contributed by atoms with Crippen molar-refractivity contribution in [2.75, 3.05) is 32.2 Å². The molecule has 9 heteroatoms. The molecule has 1 fully saturated rings. The predicted molar refractivity (Wildman–Crippen MR) is 151 cm³/mol. The van der Waals surface area contributed by atoms with E-state index in [1.807, 2.05) is 25.1 Å². The minimum Gasteiger partial charge on any atom is -0.497 e. The van der Waals surface area contributed by atoms with Crippen LogP contribution in [0.4, 0.5) is 5.69 Å². The van der Waals surface area contributed by atoms with Crippen LogP contribution in [0.2, 0.25) is 10.0 Å². The van der Waals surface area contributed by atoms with Gasteiger partial charge in [0.2, 0.25) is 5.91 Å². The van der Waals surface area contributed by atoms with Gasteiger partial charge in [-0.15, -0.1) is 0 Å². The number of amides is 2. The number of ether oxygens (including phenoxy) is 2. The quantitative estimate of drug-likeness (QED) is 0.427. The standard InChI is InChI=1S/C30H30Cl2N2O5/c1-30(23-14-18(5-8-25(23)32)28(36)33-12-10-21(35)11-13-33)24-15-20(31)6-9-26(24)34(29(30)37)17-19-4-7-22(38-2)16-27(19)39-3/h4-9,14-16,21,35H,10-13,17H2,1-3H3. The molecule has 0 saturated carbocycles. The number of benzene rings is 3. The minimum atomic E-state index is -1.19. The highest BCUT2D eigenvalue weighted by Gasteiger charge is 2.50. The van der Waals surface area contributed by atoms with Gasteiger partial charge in [-0.05, 0) is 79.4 Å². The molecule has 0 spiro atoms. The molecule has 3 aromatic carbocycles. The molecule has 204 valence electrons. The maximum atomic E-state index is 14.3. The van der Waals surface area contributed by atoms with Crippen LogP contribution in [0.5, 0.6) is 11.5 Å². The van der Waals surface area contributed by atoms with E-state index in [1.54, 1.807) is 60.4 Å². The van der Waals surface area contributed by atoms with E-state index >= 15 is 0 Å². The van der Waals surface area contributed by atoms with E-state index < -0.39 is 5.41 Å². The average molecular weight is 569 g/mol. The predicted octanol–water partition coefficient (Wildman–Crippen LogP) is 5.46. The van der Waals surface area contributed by atoms with Crippen molar-refractivity contribution in [3.05, 3.63) is 86.9 Å². The lowest BCUT2D eigenvalue weighted by Gasteiger charge is -2.30. The number of anilines is 1. The fourth-order valence-electron chi connectivity index (χ4n) is 5.50. The molecule has 3 aromatic rings. The second kappa shape index (κ2) is 10.7. The molecule has 39 heavy (non-hydrogen) atoms. The van der Waals surface area contributed by atoms with Crippen LogP contribution < -0.4 is 14.4 Å². The molecular formula is C30H30Cl2N2O5. The van der Waals surface area contributed by atoms with Gasteiger partial charge < -0.3 is 24.4 Å². The van der Waals surface area contributed by atoms with Crippen molar-refractivity contribution in [2.24, 2.45) is 0 Å². The zero-order chi connectivity index (χ0) is 27.9. The third-order valence-corrected chi connectivity index (χ3v) is 8.35. The molecule has 1 atom stereocenters. The van der Waals surface area contributed by atoms with Crippen LogP contribution >= 0.6 is 23.2 Å². The summed E-state index contributed by atoms with van der Waals surface area (Å²) in [6, 6.07) is 15.9. The Morgan fingerprint density at radius 2 is 1.74 bits per heavy atom. The maximum absolute atomic E-state index is 14.3. The molecule has 0 radical (unpaired) electrons. The largest absolute Gasteiger partial charge is 0.497 e. The molecule has 5 rings (SSSR count). The number of fused-ring (bicyclic) bond motifs is 1. The number of carbonyl (C=O) groups is 2. The summed E-state index contributed by atoms with van der Waals surface area (Å²) in [6.45, 7) is 3.03. The zero-order valence-corrected chi connectivity index (χ0v) is 23.6. The van der Waals surface area contributed by atoms with E-state index in [1.165, 1.54) is 0 Å². The van der Waals surface area contributed by atoms with Gasteiger partial charge in [-0.25, -0.2) is 0 Å². The normalized spacial score (nSPS) is 19.3. The number of likely N-dealkylation sites (tertiary alicyclic amines) is 1. The van der Waals surface area contributed by atoms with Crippen molar-refractivity contribution in [1.82, 2.24) is 4.90 Å². The Morgan fingerprint density at radius 3 is 2.44 bits per heavy atom.